The average Bonchev–Trinajstić information content (AvgIpc) is 2.74. The van der Waals surface area contributed by atoms with E-state index >= 15 is 0 Å². The van der Waals surface area contributed by atoms with Crippen LogP contribution in [0.4, 0.5) is 0 Å². The smallest absolute Gasteiger partial charge is 0.274 e. The van der Waals surface area contributed by atoms with Crippen LogP contribution in [0, 0.1) is 13.8 Å². The molecule has 3 nitrogen and oxygen atoms in total. The molecule has 0 spiro atoms. The maximum Gasteiger partial charge on any atom is 0.274 e. The molecule has 0 atom stereocenters. The van der Waals surface area contributed by atoms with Crippen molar-refractivity contribution in [2.24, 2.45) is 14.1 Å². The summed E-state index contributed by atoms with van der Waals surface area (Å²) in [5.74, 6) is 0. The minimum atomic E-state index is 0.0296. The highest BCUT2D eigenvalue weighted by Crippen LogP contribution is 2.29. The summed E-state index contributed by atoms with van der Waals surface area (Å²) >= 11 is 0. The Bertz CT molecular complexity index is 866. The second kappa shape index (κ2) is 5.34. The van der Waals surface area contributed by atoms with Crippen LogP contribution in [-0.4, -0.2) is 9.36 Å². The van der Waals surface area contributed by atoms with E-state index < -0.39 is 0 Å². The minimum absolute atomic E-state index is 0.0296. The maximum absolute atomic E-state index is 12.7. The molecular weight excluding hydrogens is 272 g/mol. The van der Waals surface area contributed by atoms with Crippen molar-refractivity contribution in [1.82, 2.24) is 9.36 Å². The van der Waals surface area contributed by atoms with Gasteiger partial charge in [-0.05, 0) is 19.4 Å². The topological polar surface area (TPSA) is 26.9 Å². The lowest BCUT2D eigenvalue weighted by molar-refractivity contribution is 0.584. The van der Waals surface area contributed by atoms with Gasteiger partial charge in [0.05, 0.1) is 11.3 Å². The average molecular weight is 292 g/mol. The molecule has 0 aliphatic heterocycles. The van der Waals surface area contributed by atoms with Crippen LogP contribution in [0.1, 0.15) is 11.1 Å². The third kappa shape index (κ3) is 2.29. The van der Waals surface area contributed by atoms with Crippen LogP contribution in [0.25, 0.3) is 22.4 Å². The number of aromatic nitrogens is 2. The van der Waals surface area contributed by atoms with E-state index in [0.717, 1.165) is 22.4 Å². The number of hydrogen-bond donors (Lipinski definition) is 0. The van der Waals surface area contributed by atoms with Crippen molar-refractivity contribution in [1.29, 1.82) is 0 Å². The molecule has 0 fully saturated rings. The second-order valence-corrected chi connectivity index (χ2v) is 5.81. The van der Waals surface area contributed by atoms with Crippen LogP contribution in [0.3, 0.4) is 0 Å². The molecular formula is C19H20N2O. The Morgan fingerprint density at radius 2 is 1.14 bits per heavy atom. The first kappa shape index (κ1) is 14.4. The van der Waals surface area contributed by atoms with Crippen molar-refractivity contribution in [2.45, 2.75) is 13.8 Å². The van der Waals surface area contributed by atoms with Gasteiger partial charge in [0, 0.05) is 19.7 Å². The lowest BCUT2D eigenvalue weighted by atomic mass is 10.00. The molecule has 112 valence electrons. The quantitative estimate of drug-likeness (QED) is 0.708. The van der Waals surface area contributed by atoms with Crippen LogP contribution in [0.15, 0.2) is 53.3 Å². The molecule has 0 bridgehead atoms. The predicted molar refractivity (Wildman–Crippen MR) is 91.0 cm³/mol. The normalized spacial score (nSPS) is 10.9. The van der Waals surface area contributed by atoms with E-state index in [1.165, 1.54) is 11.1 Å². The highest BCUT2D eigenvalue weighted by atomic mass is 16.1. The predicted octanol–water partition coefficient (Wildman–Crippen LogP) is 3.67. The van der Waals surface area contributed by atoms with E-state index in [4.69, 9.17) is 0 Å². The summed E-state index contributed by atoms with van der Waals surface area (Å²) < 4.78 is 3.58. The molecule has 22 heavy (non-hydrogen) atoms. The van der Waals surface area contributed by atoms with Crippen molar-refractivity contribution >= 4 is 0 Å². The zero-order valence-electron chi connectivity index (χ0n) is 13.4. The molecule has 0 aliphatic carbocycles. The lowest BCUT2D eigenvalue weighted by Gasteiger charge is -2.08. The Balaban J connectivity index is 2.30. The molecule has 0 saturated heterocycles. The summed E-state index contributed by atoms with van der Waals surface area (Å²) in [6, 6.07) is 16.4. The molecule has 3 rings (SSSR count). The Morgan fingerprint density at radius 1 is 0.682 bits per heavy atom. The summed E-state index contributed by atoms with van der Waals surface area (Å²) in [7, 11) is 3.73. The fourth-order valence-corrected chi connectivity index (χ4v) is 2.73. The van der Waals surface area contributed by atoms with Crippen molar-refractivity contribution in [3.05, 3.63) is 70.0 Å². The SMILES string of the molecule is Cc1ccc(-c2c(-c3ccc(C)cc3)n(C)n(C)c2=O)cc1. The molecule has 0 saturated carbocycles. The molecule has 1 aromatic heterocycles. The van der Waals surface area contributed by atoms with Gasteiger partial charge in [-0.2, -0.15) is 0 Å². The number of nitrogens with zero attached hydrogens (tertiary/aromatic N) is 2. The van der Waals surface area contributed by atoms with Crippen LogP contribution < -0.4 is 5.56 Å². The largest absolute Gasteiger partial charge is 0.285 e. The highest BCUT2D eigenvalue weighted by molar-refractivity contribution is 5.81. The van der Waals surface area contributed by atoms with Gasteiger partial charge in [-0.15, -0.1) is 0 Å². The van der Waals surface area contributed by atoms with E-state index in [0.29, 0.717) is 0 Å². The number of benzene rings is 2. The zero-order chi connectivity index (χ0) is 15.9. The molecule has 0 unspecified atom stereocenters. The number of rotatable bonds is 2. The third-order valence-corrected chi connectivity index (χ3v) is 4.18. The van der Waals surface area contributed by atoms with E-state index in [2.05, 4.69) is 31.2 Å². The molecule has 3 heteroatoms. The molecule has 3 aromatic rings. The molecule has 0 aliphatic rings. The van der Waals surface area contributed by atoms with Crippen molar-refractivity contribution < 1.29 is 0 Å². The molecule has 0 radical (unpaired) electrons. The Hall–Kier alpha value is -2.55. The van der Waals surface area contributed by atoms with E-state index in [1.807, 2.05) is 42.9 Å². The van der Waals surface area contributed by atoms with Crippen molar-refractivity contribution in [3.63, 3.8) is 0 Å². The standard InChI is InChI=1S/C19H20N2O/c1-13-5-9-15(10-6-13)17-18(20(3)21(4)19(17)22)16-11-7-14(2)8-12-16/h5-12H,1-4H3. The highest BCUT2D eigenvalue weighted by Gasteiger charge is 2.18. The van der Waals surface area contributed by atoms with Gasteiger partial charge in [-0.25, -0.2) is 0 Å². The van der Waals surface area contributed by atoms with Gasteiger partial charge in [0.2, 0.25) is 0 Å². The fraction of sp³-hybridized carbons (Fsp3) is 0.211. The maximum atomic E-state index is 12.7. The summed E-state index contributed by atoms with van der Waals surface area (Å²) in [5.41, 5.74) is 6.16. The summed E-state index contributed by atoms with van der Waals surface area (Å²) in [6.07, 6.45) is 0. The van der Waals surface area contributed by atoms with Gasteiger partial charge in [0.25, 0.3) is 5.56 Å². The zero-order valence-corrected chi connectivity index (χ0v) is 13.4. The summed E-state index contributed by atoms with van der Waals surface area (Å²) in [4.78, 5) is 12.7. The van der Waals surface area contributed by atoms with Gasteiger partial charge >= 0.3 is 0 Å². The second-order valence-electron chi connectivity index (χ2n) is 5.81. The first-order valence-corrected chi connectivity index (χ1v) is 7.39. The Morgan fingerprint density at radius 3 is 1.64 bits per heavy atom. The molecule has 0 amide bonds. The van der Waals surface area contributed by atoms with E-state index in [9.17, 15) is 4.79 Å². The van der Waals surface area contributed by atoms with Gasteiger partial charge in [0.15, 0.2) is 0 Å². The number of aryl methyl sites for hydroxylation is 2. The van der Waals surface area contributed by atoms with Gasteiger partial charge in [0.1, 0.15) is 0 Å². The summed E-state index contributed by atoms with van der Waals surface area (Å²) in [6.45, 7) is 4.11. The van der Waals surface area contributed by atoms with Gasteiger partial charge in [-0.1, -0.05) is 59.7 Å². The van der Waals surface area contributed by atoms with E-state index in [-0.39, 0.29) is 5.56 Å². The third-order valence-electron chi connectivity index (χ3n) is 4.18. The monoisotopic (exact) mass is 292 g/mol. The van der Waals surface area contributed by atoms with Crippen LogP contribution >= 0.6 is 0 Å². The van der Waals surface area contributed by atoms with Gasteiger partial charge < -0.3 is 0 Å². The fourth-order valence-electron chi connectivity index (χ4n) is 2.73. The number of hydrogen-bond acceptors (Lipinski definition) is 1. The Kier molecular flexibility index (Phi) is 3.49. The lowest BCUT2D eigenvalue weighted by Crippen LogP contribution is -2.17. The Labute approximate surface area is 130 Å². The molecule has 0 N–H and O–H groups in total. The molecule has 2 aromatic carbocycles. The van der Waals surface area contributed by atoms with Crippen LogP contribution in [-0.2, 0) is 14.1 Å². The van der Waals surface area contributed by atoms with Crippen LogP contribution in [0.5, 0.6) is 0 Å². The minimum Gasteiger partial charge on any atom is -0.285 e. The van der Waals surface area contributed by atoms with E-state index in [1.54, 1.807) is 11.7 Å². The van der Waals surface area contributed by atoms with Crippen LogP contribution in [0.2, 0.25) is 0 Å². The van der Waals surface area contributed by atoms with Crippen molar-refractivity contribution in [2.75, 3.05) is 0 Å². The van der Waals surface area contributed by atoms with Crippen molar-refractivity contribution in [3.8, 4) is 22.4 Å². The summed E-state index contributed by atoms with van der Waals surface area (Å²) in [5, 5.41) is 0. The van der Waals surface area contributed by atoms with Gasteiger partial charge in [-0.3, -0.25) is 14.2 Å². The first-order chi connectivity index (χ1) is 10.5. The molecule has 1 heterocycles. The first-order valence-electron chi connectivity index (χ1n) is 7.39.